The molecule has 160 valence electrons. The number of carbonyl (C=O) groups is 1. The van der Waals surface area contributed by atoms with Gasteiger partial charge < -0.3 is 9.80 Å². The summed E-state index contributed by atoms with van der Waals surface area (Å²) in [5, 5.41) is 5.98. The summed E-state index contributed by atoms with van der Waals surface area (Å²) in [6, 6.07) is 21.8. The first-order chi connectivity index (χ1) is 15.6. The van der Waals surface area contributed by atoms with Crippen LogP contribution in [0, 0.1) is 0 Å². The number of carbonyl (C=O) groups excluding carboxylic acids is 1. The van der Waals surface area contributed by atoms with Crippen molar-refractivity contribution in [3.8, 4) is 5.69 Å². The molecule has 3 heterocycles. The number of rotatable bonds is 3. The number of pyridine rings is 1. The lowest BCUT2D eigenvalue weighted by Crippen LogP contribution is -2.49. The number of aromatic nitrogens is 3. The Morgan fingerprint density at radius 3 is 2.22 bits per heavy atom. The summed E-state index contributed by atoms with van der Waals surface area (Å²) in [4.78, 5) is 34.8. The third-order valence-corrected chi connectivity index (χ3v) is 5.81. The second-order valence-electron chi connectivity index (χ2n) is 7.54. The van der Waals surface area contributed by atoms with Crippen molar-refractivity contribution in [2.75, 3.05) is 31.1 Å². The van der Waals surface area contributed by atoms with Crippen molar-refractivity contribution in [2.45, 2.75) is 0 Å². The largest absolute Gasteiger partial charge is 0.353 e. The van der Waals surface area contributed by atoms with Gasteiger partial charge >= 0.3 is 0 Å². The van der Waals surface area contributed by atoms with E-state index >= 15 is 0 Å². The van der Waals surface area contributed by atoms with Gasteiger partial charge in [-0.05, 0) is 30.3 Å². The van der Waals surface area contributed by atoms with Crippen LogP contribution in [-0.4, -0.2) is 51.8 Å². The molecule has 0 bridgehead atoms. The molecule has 32 heavy (non-hydrogen) atoms. The molecular formula is C24H20ClN5O2. The van der Waals surface area contributed by atoms with Crippen LogP contribution in [0.1, 0.15) is 10.5 Å². The van der Waals surface area contributed by atoms with E-state index < -0.39 is 0 Å². The summed E-state index contributed by atoms with van der Waals surface area (Å²) < 4.78 is 1.31. The summed E-state index contributed by atoms with van der Waals surface area (Å²) in [6.45, 7) is 2.31. The summed E-state index contributed by atoms with van der Waals surface area (Å²) in [6.07, 6.45) is 0. The number of piperazine rings is 1. The first-order valence-electron chi connectivity index (χ1n) is 10.4. The maximum atomic E-state index is 13.5. The van der Waals surface area contributed by atoms with E-state index in [0.29, 0.717) is 47.8 Å². The van der Waals surface area contributed by atoms with Crippen molar-refractivity contribution in [3.05, 3.63) is 94.0 Å². The number of para-hydroxylation sites is 1. The number of halogens is 1. The number of amides is 1. The Bertz CT molecular complexity index is 1350. The van der Waals surface area contributed by atoms with Crippen molar-refractivity contribution < 1.29 is 4.79 Å². The zero-order valence-electron chi connectivity index (χ0n) is 17.2. The number of nitrogens with zero attached hydrogens (tertiary/aromatic N) is 5. The zero-order chi connectivity index (χ0) is 22.1. The molecule has 5 rings (SSSR count). The molecule has 0 saturated carbocycles. The fourth-order valence-corrected chi connectivity index (χ4v) is 4.11. The first-order valence-corrected chi connectivity index (χ1v) is 10.7. The highest BCUT2D eigenvalue weighted by Gasteiger charge is 2.26. The molecular weight excluding hydrogens is 426 g/mol. The van der Waals surface area contributed by atoms with Gasteiger partial charge in [0.2, 0.25) is 0 Å². The van der Waals surface area contributed by atoms with Gasteiger partial charge in [-0.3, -0.25) is 9.59 Å². The smallest absolute Gasteiger partial charge is 0.279 e. The van der Waals surface area contributed by atoms with Crippen LogP contribution in [-0.2, 0) is 0 Å². The third kappa shape index (κ3) is 3.71. The van der Waals surface area contributed by atoms with E-state index in [1.165, 1.54) is 4.68 Å². The number of hydrogen-bond donors (Lipinski definition) is 0. The van der Waals surface area contributed by atoms with E-state index in [1.54, 1.807) is 41.3 Å². The lowest BCUT2D eigenvalue weighted by molar-refractivity contribution is 0.0741. The summed E-state index contributed by atoms with van der Waals surface area (Å²) in [7, 11) is 0. The molecule has 0 unspecified atom stereocenters. The van der Waals surface area contributed by atoms with E-state index in [-0.39, 0.29) is 17.2 Å². The fourth-order valence-electron chi connectivity index (χ4n) is 3.95. The summed E-state index contributed by atoms with van der Waals surface area (Å²) >= 11 is 6.02. The Hall–Kier alpha value is -3.71. The highest BCUT2D eigenvalue weighted by atomic mass is 35.5. The number of benzene rings is 2. The minimum atomic E-state index is -0.250. The molecule has 1 aliphatic heterocycles. The molecule has 2 aromatic heterocycles. The number of fused-ring (bicyclic) bond motifs is 1. The Balaban J connectivity index is 1.48. The van der Waals surface area contributed by atoms with Crippen LogP contribution in [0.3, 0.4) is 0 Å². The highest BCUT2D eigenvalue weighted by Crippen LogP contribution is 2.20. The zero-order valence-corrected chi connectivity index (χ0v) is 17.9. The van der Waals surface area contributed by atoms with E-state index in [0.717, 1.165) is 5.82 Å². The molecule has 0 N–H and O–H groups in total. The molecule has 0 spiro atoms. The highest BCUT2D eigenvalue weighted by molar-refractivity contribution is 6.29. The van der Waals surface area contributed by atoms with E-state index in [9.17, 15) is 9.59 Å². The van der Waals surface area contributed by atoms with Crippen LogP contribution >= 0.6 is 11.6 Å². The van der Waals surface area contributed by atoms with Crippen molar-refractivity contribution in [3.63, 3.8) is 0 Å². The molecule has 1 fully saturated rings. The maximum absolute atomic E-state index is 13.5. The van der Waals surface area contributed by atoms with Crippen molar-refractivity contribution in [2.24, 2.45) is 0 Å². The molecule has 7 nitrogen and oxygen atoms in total. The SMILES string of the molecule is O=C(c1nn(-c2ccccc2)c(=O)c2ccccc12)N1CCN(c2cccc(Cl)n2)CC1. The van der Waals surface area contributed by atoms with Gasteiger partial charge in [0.05, 0.1) is 11.1 Å². The second-order valence-corrected chi connectivity index (χ2v) is 7.93. The van der Waals surface area contributed by atoms with Gasteiger partial charge in [0, 0.05) is 31.6 Å². The minimum Gasteiger partial charge on any atom is -0.353 e. The average Bonchev–Trinajstić information content (AvgIpc) is 2.85. The van der Waals surface area contributed by atoms with Gasteiger partial charge in [-0.25, -0.2) is 4.98 Å². The minimum absolute atomic E-state index is 0.190. The van der Waals surface area contributed by atoms with Crippen LogP contribution in [0.25, 0.3) is 16.5 Å². The van der Waals surface area contributed by atoms with E-state index in [1.807, 2.05) is 36.4 Å². The molecule has 0 atom stereocenters. The van der Waals surface area contributed by atoms with Crippen LogP contribution in [0.4, 0.5) is 5.82 Å². The number of anilines is 1. The van der Waals surface area contributed by atoms with Crippen molar-refractivity contribution >= 4 is 34.1 Å². The van der Waals surface area contributed by atoms with Gasteiger partial charge in [-0.2, -0.15) is 9.78 Å². The van der Waals surface area contributed by atoms with Crippen LogP contribution in [0.15, 0.2) is 77.6 Å². The molecule has 0 aliphatic carbocycles. The Kier molecular flexibility index (Phi) is 5.33. The van der Waals surface area contributed by atoms with E-state index in [4.69, 9.17) is 11.6 Å². The topological polar surface area (TPSA) is 71.3 Å². The average molecular weight is 446 g/mol. The molecule has 1 amide bonds. The molecule has 0 radical (unpaired) electrons. The van der Waals surface area contributed by atoms with Gasteiger partial charge in [0.25, 0.3) is 11.5 Å². The molecule has 4 aromatic rings. The fraction of sp³-hybridized carbons (Fsp3) is 0.167. The predicted octanol–water partition coefficient (Wildman–Crippen LogP) is 3.40. The standard InChI is InChI=1S/C24H20ClN5O2/c25-20-11-6-12-21(26-20)28-13-15-29(16-14-28)24(32)22-18-9-4-5-10-19(18)23(31)30(27-22)17-7-2-1-3-8-17/h1-12H,13-16H2. The van der Waals surface area contributed by atoms with Crippen LogP contribution in [0.5, 0.6) is 0 Å². The van der Waals surface area contributed by atoms with Crippen molar-refractivity contribution in [1.29, 1.82) is 0 Å². The van der Waals surface area contributed by atoms with Crippen LogP contribution < -0.4 is 10.5 Å². The van der Waals surface area contributed by atoms with Crippen molar-refractivity contribution in [1.82, 2.24) is 19.7 Å². The second kappa shape index (κ2) is 8.43. The molecule has 1 aliphatic rings. The van der Waals surface area contributed by atoms with Gasteiger partial charge in [0.1, 0.15) is 11.0 Å². The monoisotopic (exact) mass is 445 g/mol. The Morgan fingerprint density at radius 2 is 1.50 bits per heavy atom. The van der Waals surface area contributed by atoms with Gasteiger partial charge in [-0.1, -0.05) is 54.1 Å². The van der Waals surface area contributed by atoms with Crippen LogP contribution in [0.2, 0.25) is 5.15 Å². The summed E-state index contributed by atoms with van der Waals surface area (Å²) in [5.74, 6) is 0.607. The summed E-state index contributed by atoms with van der Waals surface area (Å²) in [5.41, 5.74) is 0.646. The molecule has 2 aromatic carbocycles. The molecule has 8 heteroatoms. The quantitative estimate of drug-likeness (QED) is 0.452. The predicted molar refractivity (Wildman–Crippen MR) is 125 cm³/mol. The Labute approximate surface area is 189 Å². The molecule has 1 saturated heterocycles. The Morgan fingerprint density at radius 1 is 0.812 bits per heavy atom. The van der Waals surface area contributed by atoms with E-state index in [2.05, 4.69) is 15.0 Å². The first kappa shape index (κ1) is 20.2. The maximum Gasteiger partial charge on any atom is 0.279 e. The normalized spacial score (nSPS) is 14.0. The van der Waals surface area contributed by atoms with Gasteiger partial charge in [0.15, 0.2) is 5.69 Å². The lowest BCUT2D eigenvalue weighted by Gasteiger charge is -2.35. The van der Waals surface area contributed by atoms with Gasteiger partial charge in [-0.15, -0.1) is 0 Å². The lowest BCUT2D eigenvalue weighted by atomic mass is 10.1. The number of hydrogen-bond acceptors (Lipinski definition) is 5. The third-order valence-electron chi connectivity index (χ3n) is 5.60.